The van der Waals surface area contributed by atoms with Gasteiger partial charge in [0.2, 0.25) is 6.36 Å². The molecule has 23 heavy (non-hydrogen) atoms. The number of carbonyl (C=O) groups is 3. The highest BCUT2D eigenvalue weighted by Gasteiger charge is 2.50. The van der Waals surface area contributed by atoms with Crippen LogP contribution in [0.4, 0.5) is 4.39 Å². The van der Waals surface area contributed by atoms with Crippen LogP contribution in [-0.4, -0.2) is 55.2 Å². The van der Waals surface area contributed by atoms with Gasteiger partial charge >= 0.3 is 17.9 Å². The number of ether oxygens (including phenoxy) is 4. The van der Waals surface area contributed by atoms with Crippen LogP contribution in [0.1, 0.15) is 20.8 Å². The Bertz CT molecular complexity index is 523. The summed E-state index contributed by atoms with van der Waals surface area (Å²) in [6, 6.07) is -1.55. The van der Waals surface area contributed by atoms with Crippen LogP contribution in [0.3, 0.4) is 0 Å². The highest BCUT2D eigenvalue weighted by molar-refractivity contribution is 5.67. The topological polar surface area (TPSA) is 137 Å². The minimum absolute atomic E-state index is 0.436. The molecule has 5 atom stereocenters. The first kappa shape index (κ1) is 18.7. The summed E-state index contributed by atoms with van der Waals surface area (Å²) in [5.41, 5.74) is 8.52. The number of esters is 3. The van der Waals surface area contributed by atoms with Crippen LogP contribution in [0.25, 0.3) is 10.4 Å². The Morgan fingerprint density at radius 1 is 1.13 bits per heavy atom. The molecule has 1 aliphatic rings. The van der Waals surface area contributed by atoms with Crippen molar-refractivity contribution in [2.75, 3.05) is 6.61 Å². The van der Waals surface area contributed by atoms with E-state index >= 15 is 0 Å². The third-order valence-electron chi connectivity index (χ3n) is 2.84. The number of nitrogens with zero attached hydrogens (tertiary/aromatic N) is 3. The van der Waals surface area contributed by atoms with Gasteiger partial charge in [0.05, 0.1) is 0 Å². The van der Waals surface area contributed by atoms with Gasteiger partial charge in [-0.05, 0) is 5.53 Å². The molecule has 1 saturated heterocycles. The van der Waals surface area contributed by atoms with E-state index in [-0.39, 0.29) is 0 Å². The van der Waals surface area contributed by atoms with Gasteiger partial charge in [-0.3, -0.25) is 14.4 Å². The Balaban J connectivity index is 3.11. The summed E-state index contributed by atoms with van der Waals surface area (Å²) in [5.74, 6) is -2.22. The Morgan fingerprint density at radius 3 is 2.17 bits per heavy atom. The van der Waals surface area contributed by atoms with Crippen LogP contribution in [0.5, 0.6) is 0 Å². The summed E-state index contributed by atoms with van der Waals surface area (Å²) in [5, 5.41) is 3.19. The van der Waals surface area contributed by atoms with Crippen LogP contribution >= 0.6 is 0 Å². The second-order valence-corrected chi connectivity index (χ2v) is 4.67. The molecule has 1 heterocycles. The third kappa shape index (κ3) is 5.38. The Morgan fingerprint density at radius 2 is 1.70 bits per heavy atom. The van der Waals surface area contributed by atoms with E-state index < -0.39 is 55.2 Å². The summed E-state index contributed by atoms with van der Waals surface area (Å²) >= 11 is 0. The average Bonchev–Trinajstić information content (AvgIpc) is 2.42. The van der Waals surface area contributed by atoms with Gasteiger partial charge in [-0.2, -0.15) is 0 Å². The average molecular weight is 333 g/mol. The number of hydrogen-bond acceptors (Lipinski definition) is 8. The molecule has 0 aromatic heterocycles. The van der Waals surface area contributed by atoms with Crippen molar-refractivity contribution in [2.24, 2.45) is 5.11 Å². The molecule has 0 bridgehead atoms. The fraction of sp³-hybridized carbons (Fsp3) is 0.750. The van der Waals surface area contributed by atoms with Crippen molar-refractivity contribution in [2.45, 2.75) is 51.5 Å². The van der Waals surface area contributed by atoms with Crippen LogP contribution in [0.2, 0.25) is 0 Å². The molecule has 0 radical (unpaired) electrons. The lowest BCUT2D eigenvalue weighted by molar-refractivity contribution is -0.241. The fourth-order valence-electron chi connectivity index (χ4n) is 2.05. The summed E-state index contributed by atoms with van der Waals surface area (Å²) in [6.45, 7) is 2.83. The van der Waals surface area contributed by atoms with Crippen LogP contribution in [0.15, 0.2) is 5.11 Å². The zero-order valence-corrected chi connectivity index (χ0v) is 12.7. The Kier molecular flexibility index (Phi) is 6.73. The number of alkyl halides is 1. The number of halogens is 1. The SMILES string of the molecule is CC(=O)OC[C@H]1O[C@H](F)[C@H](N=[N+]=[N-])[C@@H](OC(C)=O)[C@@H]1OC(C)=O. The molecule has 1 rings (SSSR count). The molecule has 0 unspecified atom stereocenters. The zero-order chi connectivity index (χ0) is 17.6. The molecular formula is C12H16FN3O7. The fourth-order valence-corrected chi connectivity index (χ4v) is 2.05. The number of hydrogen-bond donors (Lipinski definition) is 0. The summed E-state index contributed by atoms with van der Waals surface area (Å²) in [4.78, 5) is 35.8. The molecule has 0 spiro atoms. The minimum Gasteiger partial charge on any atom is -0.463 e. The van der Waals surface area contributed by atoms with Crippen molar-refractivity contribution in [3.8, 4) is 0 Å². The smallest absolute Gasteiger partial charge is 0.303 e. The van der Waals surface area contributed by atoms with E-state index in [0.29, 0.717) is 0 Å². The van der Waals surface area contributed by atoms with Gasteiger partial charge in [-0.15, -0.1) is 0 Å². The molecule has 0 amide bonds. The maximum Gasteiger partial charge on any atom is 0.303 e. The molecule has 0 aliphatic carbocycles. The van der Waals surface area contributed by atoms with E-state index in [2.05, 4.69) is 10.0 Å². The molecule has 0 N–H and O–H groups in total. The van der Waals surface area contributed by atoms with Gasteiger partial charge in [-0.1, -0.05) is 5.11 Å². The second kappa shape index (κ2) is 8.30. The molecule has 0 aromatic carbocycles. The predicted molar refractivity (Wildman–Crippen MR) is 70.4 cm³/mol. The zero-order valence-electron chi connectivity index (χ0n) is 12.7. The monoisotopic (exact) mass is 333 g/mol. The van der Waals surface area contributed by atoms with E-state index in [0.717, 1.165) is 20.8 Å². The molecule has 0 saturated carbocycles. The van der Waals surface area contributed by atoms with Crippen molar-refractivity contribution in [1.82, 2.24) is 0 Å². The number of rotatable bonds is 5. The quantitative estimate of drug-likeness (QED) is 0.238. The van der Waals surface area contributed by atoms with Gasteiger partial charge in [0, 0.05) is 25.7 Å². The molecule has 1 fully saturated rings. The third-order valence-corrected chi connectivity index (χ3v) is 2.84. The van der Waals surface area contributed by atoms with E-state index in [1.165, 1.54) is 0 Å². The molecule has 10 nitrogen and oxygen atoms in total. The lowest BCUT2D eigenvalue weighted by atomic mass is 9.97. The maximum atomic E-state index is 14.1. The van der Waals surface area contributed by atoms with Crippen molar-refractivity contribution < 1.29 is 37.7 Å². The van der Waals surface area contributed by atoms with E-state index in [4.69, 9.17) is 24.5 Å². The second-order valence-electron chi connectivity index (χ2n) is 4.67. The first-order valence-electron chi connectivity index (χ1n) is 6.57. The van der Waals surface area contributed by atoms with Gasteiger partial charge in [0.25, 0.3) is 0 Å². The lowest BCUT2D eigenvalue weighted by Crippen LogP contribution is -2.59. The first-order valence-corrected chi connectivity index (χ1v) is 6.57. The van der Waals surface area contributed by atoms with E-state index in [1.54, 1.807) is 0 Å². The molecular weight excluding hydrogens is 317 g/mol. The predicted octanol–water partition coefficient (Wildman–Crippen LogP) is 0.786. The standard InChI is InChI=1S/C12H16FN3O7/c1-5(17)20-4-8-10(21-6(2)18)11(22-7(3)19)9(15-16-14)12(13)23-8/h8-12H,4H2,1-3H3/t8-,9-,10-,11-,12+/m1/s1. The first-order chi connectivity index (χ1) is 10.8. The molecule has 1 aliphatic heterocycles. The Hall–Kier alpha value is -2.39. The number of carbonyl (C=O) groups excluding carboxylic acids is 3. The number of azide groups is 1. The van der Waals surface area contributed by atoms with Crippen molar-refractivity contribution in [3.63, 3.8) is 0 Å². The normalized spacial score (nSPS) is 29.8. The van der Waals surface area contributed by atoms with Crippen molar-refractivity contribution in [1.29, 1.82) is 0 Å². The highest BCUT2D eigenvalue weighted by atomic mass is 19.1. The van der Waals surface area contributed by atoms with Crippen molar-refractivity contribution >= 4 is 17.9 Å². The Labute approximate surface area is 130 Å². The van der Waals surface area contributed by atoms with Gasteiger partial charge in [0.15, 0.2) is 12.2 Å². The summed E-state index contributed by atoms with van der Waals surface area (Å²) in [6.07, 6.45) is -6.09. The summed E-state index contributed by atoms with van der Waals surface area (Å²) < 4.78 is 33.7. The van der Waals surface area contributed by atoms with Crippen LogP contribution in [-0.2, 0) is 33.3 Å². The van der Waals surface area contributed by atoms with E-state index in [1.807, 2.05) is 0 Å². The van der Waals surface area contributed by atoms with Gasteiger partial charge in [0.1, 0.15) is 18.8 Å². The molecule has 128 valence electrons. The van der Waals surface area contributed by atoms with Gasteiger partial charge in [-0.25, -0.2) is 4.39 Å². The van der Waals surface area contributed by atoms with Gasteiger partial charge < -0.3 is 18.9 Å². The highest BCUT2D eigenvalue weighted by Crippen LogP contribution is 2.29. The maximum absolute atomic E-state index is 14.1. The van der Waals surface area contributed by atoms with Crippen molar-refractivity contribution in [3.05, 3.63) is 10.4 Å². The largest absolute Gasteiger partial charge is 0.463 e. The summed E-state index contributed by atoms with van der Waals surface area (Å²) in [7, 11) is 0. The lowest BCUT2D eigenvalue weighted by Gasteiger charge is -2.40. The van der Waals surface area contributed by atoms with Crippen LogP contribution < -0.4 is 0 Å². The minimum atomic E-state index is -2.14. The van der Waals surface area contributed by atoms with E-state index in [9.17, 15) is 18.8 Å². The molecule has 11 heteroatoms. The van der Waals surface area contributed by atoms with Crippen LogP contribution in [0, 0.1) is 0 Å². The molecule has 0 aromatic rings.